The molecule has 1 saturated carbocycles. The molecule has 0 aromatic heterocycles. The lowest BCUT2D eigenvalue weighted by Crippen LogP contribution is -2.43. The van der Waals surface area contributed by atoms with Crippen molar-refractivity contribution in [3.05, 3.63) is 23.8 Å². The van der Waals surface area contributed by atoms with Crippen molar-refractivity contribution in [2.45, 2.75) is 37.8 Å². The van der Waals surface area contributed by atoms with Gasteiger partial charge < -0.3 is 20.8 Å². The van der Waals surface area contributed by atoms with E-state index >= 15 is 0 Å². The van der Waals surface area contributed by atoms with Crippen LogP contribution >= 0.6 is 0 Å². The number of aromatic carboxylic acids is 1. The van der Waals surface area contributed by atoms with E-state index in [2.05, 4.69) is 0 Å². The Morgan fingerprint density at radius 2 is 2.05 bits per heavy atom. The van der Waals surface area contributed by atoms with Gasteiger partial charge in [-0.15, -0.1) is 0 Å². The largest absolute Gasteiger partial charge is 0.478 e. The summed E-state index contributed by atoms with van der Waals surface area (Å²) in [6, 6.07) is 4.97. The number of benzene rings is 1. The second-order valence-electron chi connectivity index (χ2n) is 5.07. The molecule has 0 radical (unpaired) electrons. The van der Waals surface area contributed by atoms with Gasteiger partial charge in [-0.05, 0) is 25.0 Å². The lowest BCUT2D eigenvalue weighted by atomic mass is 9.91. The zero-order chi connectivity index (χ0) is 14.0. The van der Waals surface area contributed by atoms with Crippen LogP contribution in [0.5, 0.6) is 0 Å². The van der Waals surface area contributed by atoms with Gasteiger partial charge in [0.15, 0.2) is 0 Å². The van der Waals surface area contributed by atoms with E-state index in [-0.39, 0.29) is 23.4 Å². The fraction of sp³-hybridized carbons (Fsp3) is 0.500. The quantitative estimate of drug-likeness (QED) is 0.723. The number of para-hydroxylation sites is 1. The normalized spacial score (nSPS) is 23.1. The lowest BCUT2D eigenvalue weighted by molar-refractivity contribution is 0.0698. The molecule has 1 aromatic rings. The predicted molar refractivity (Wildman–Crippen MR) is 74.5 cm³/mol. The molecule has 1 aliphatic rings. The summed E-state index contributed by atoms with van der Waals surface area (Å²) in [5.41, 5.74) is 6.97. The van der Waals surface area contributed by atoms with Gasteiger partial charge in [0.2, 0.25) is 0 Å². The van der Waals surface area contributed by atoms with Crippen LogP contribution in [0.4, 0.5) is 11.4 Å². The van der Waals surface area contributed by atoms with Crippen LogP contribution in [-0.2, 0) is 0 Å². The zero-order valence-electron chi connectivity index (χ0n) is 11.0. The van der Waals surface area contributed by atoms with Gasteiger partial charge in [0.05, 0.1) is 29.1 Å². The Balaban J connectivity index is 2.30. The molecule has 1 aromatic carbocycles. The van der Waals surface area contributed by atoms with Crippen LogP contribution in [0.25, 0.3) is 0 Å². The summed E-state index contributed by atoms with van der Waals surface area (Å²) in [6.45, 7) is 0. The molecule has 4 N–H and O–H groups in total. The van der Waals surface area contributed by atoms with Crippen LogP contribution in [0, 0.1) is 0 Å². The summed E-state index contributed by atoms with van der Waals surface area (Å²) in [7, 11) is 1.86. The number of carbonyl (C=O) groups is 1. The van der Waals surface area contributed by atoms with Gasteiger partial charge in [-0.25, -0.2) is 4.79 Å². The molecule has 1 fully saturated rings. The summed E-state index contributed by atoms with van der Waals surface area (Å²) in [4.78, 5) is 13.0. The summed E-state index contributed by atoms with van der Waals surface area (Å²) >= 11 is 0. The number of aliphatic hydroxyl groups is 1. The summed E-state index contributed by atoms with van der Waals surface area (Å²) < 4.78 is 0. The number of aliphatic hydroxyl groups excluding tert-OH is 1. The first-order chi connectivity index (χ1) is 9.02. The Hall–Kier alpha value is -1.75. The first-order valence-corrected chi connectivity index (χ1v) is 6.55. The molecular formula is C14H20N2O3. The molecule has 2 unspecified atom stereocenters. The number of nitrogen functional groups attached to an aromatic ring is 1. The minimum atomic E-state index is -1.03. The Bertz CT molecular complexity index is 476. The van der Waals surface area contributed by atoms with Gasteiger partial charge in [0.1, 0.15) is 0 Å². The fourth-order valence-corrected chi connectivity index (χ4v) is 2.77. The van der Waals surface area contributed by atoms with Crippen molar-refractivity contribution in [1.29, 1.82) is 0 Å². The number of carboxylic acid groups (broad SMARTS) is 1. The zero-order valence-corrected chi connectivity index (χ0v) is 11.0. The number of rotatable bonds is 3. The average molecular weight is 264 g/mol. The smallest absolute Gasteiger partial charge is 0.337 e. The SMILES string of the molecule is CN(c1cccc(C(=O)O)c1N)C1CCCCC1O. The van der Waals surface area contributed by atoms with Crippen LogP contribution in [0.3, 0.4) is 0 Å². The molecule has 5 nitrogen and oxygen atoms in total. The van der Waals surface area contributed by atoms with Crippen LogP contribution in [0.2, 0.25) is 0 Å². The number of likely N-dealkylation sites (N-methyl/N-ethyl adjacent to an activating group) is 1. The standard InChI is InChI=1S/C14H20N2O3/c1-16(10-6-2-3-8-12(10)17)11-7-4-5-9(13(11)15)14(18)19/h4-5,7,10,12,17H,2-3,6,8,15H2,1H3,(H,18,19). The van der Waals surface area contributed by atoms with Crippen LogP contribution in [0.15, 0.2) is 18.2 Å². The molecule has 0 saturated heterocycles. The predicted octanol–water partition coefficient (Wildman–Crippen LogP) is 1.71. The minimum absolute atomic E-state index is 0.0000879. The highest BCUT2D eigenvalue weighted by Crippen LogP contribution is 2.31. The van der Waals surface area contributed by atoms with Crippen molar-refractivity contribution in [3.8, 4) is 0 Å². The van der Waals surface area contributed by atoms with E-state index in [9.17, 15) is 9.90 Å². The van der Waals surface area contributed by atoms with Gasteiger partial charge in [-0.3, -0.25) is 0 Å². The van der Waals surface area contributed by atoms with E-state index in [0.29, 0.717) is 5.69 Å². The monoisotopic (exact) mass is 264 g/mol. The van der Waals surface area contributed by atoms with E-state index in [4.69, 9.17) is 10.8 Å². The third-order valence-electron chi connectivity index (χ3n) is 3.88. The molecule has 1 aliphatic carbocycles. The van der Waals surface area contributed by atoms with Crippen molar-refractivity contribution < 1.29 is 15.0 Å². The Kier molecular flexibility index (Phi) is 3.95. The molecule has 104 valence electrons. The third-order valence-corrected chi connectivity index (χ3v) is 3.88. The Morgan fingerprint density at radius 3 is 2.68 bits per heavy atom. The fourth-order valence-electron chi connectivity index (χ4n) is 2.77. The topological polar surface area (TPSA) is 86.8 Å². The van der Waals surface area contributed by atoms with Crippen molar-refractivity contribution in [2.24, 2.45) is 0 Å². The second kappa shape index (κ2) is 5.48. The highest BCUT2D eigenvalue weighted by atomic mass is 16.4. The number of carboxylic acids is 1. The van der Waals surface area contributed by atoms with Crippen LogP contribution < -0.4 is 10.6 Å². The van der Waals surface area contributed by atoms with E-state index in [1.165, 1.54) is 6.07 Å². The minimum Gasteiger partial charge on any atom is -0.478 e. The molecular weight excluding hydrogens is 244 g/mol. The maximum absolute atomic E-state index is 11.1. The Labute approximate surface area is 112 Å². The van der Waals surface area contributed by atoms with Crippen molar-refractivity contribution in [3.63, 3.8) is 0 Å². The van der Waals surface area contributed by atoms with E-state index in [0.717, 1.165) is 25.7 Å². The molecule has 0 aliphatic heterocycles. The summed E-state index contributed by atoms with van der Waals surface area (Å²) in [5.74, 6) is -1.03. The van der Waals surface area contributed by atoms with E-state index in [1.807, 2.05) is 11.9 Å². The Morgan fingerprint density at radius 1 is 1.37 bits per heavy atom. The summed E-state index contributed by atoms with van der Waals surface area (Å²) in [5, 5.41) is 19.2. The molecule has 0 spiro atoms. The van der Waals surface area contributed by atoms with Gasteiger partial charge >= 0.3 is 5.97 Å². The summed E-state index contributed by atoms with van der Waals surface area (Å²) in [6.07, 6.45) is 3.41. The number of nitrogens with two attached hydrogens (primary N) is 1. The first-order valence-electron chi connectivity index (χ1n) is 6.55. The number of hydrogen-bond donors (Lipinski definition) is 3. The molecule has 0 bridgehead atoms. The number of nitrogens with zero attached hydrogens (tertiary/aromatic N) is 1. The molecule has 2 atom stereocenters. The van der Waals surface area contributed by atoms with Crippen LogP contribution in [0.1, 0.15) is 36.0 Å². The van der Waals surface area contributed by atoms with Gasteiger partial charge in [-0.2, -0.15) is 0 Å². The number of hydrogen-bond acceptors (Lipinski definition) is 4. The molecule has 0 amide bonds. The second-order valence-corrected chi connectivity index (χ2v) is 5.07. The molecule has 0 heterocycles. The van der Waals surface area contributed by atoms with Gasteiger partial charge in [-0.1, -0.05) is 18.9 Å². The van der Waals surface area contributed by atoms with E-state index in [1.54, 1.807) is 12.1 Å². The molecule has 2 rings (SSSR count). The van der Waals surface area contributed by atoms with Gasteiger partial charge in [0.25, 0.3) is 0 Å². The van der Waals surface area contributed by atoms with Gasteiger partial charge in [0, 0.05) is 7.05 Å². The highest BCUT2D eigenvalue weighted by Gasteiger charge is 2.28. The van der Waals surface area contributed by atoms with Crippen molar-refractivity contribution in [2.75, 3.05) is 17.7 Å². The van der Waals surface area contributed by atoms with Crippen molar-refractivity contribution in [1.82, 2.24) is 0 Å². The highest BCUT2D eigenvalue weighted by molar-refractivity contribution is 5.97. The maximum Gasteiger partial charge on any atom is 0.337 e. The average Bonchev–Trinajstić information content (AvgIpc) is 2.38. The maximum atomic E-state index is 11.1. The molecule has 19 heavy (non-hydrogen) atoms. The lowest BCUT2D eigenvalue weighted by Gasteiger charge is -2.37. The third kappa shape index (κ3) is 2.66. The molecule has 5 heteroatoms. The first kappa shape index (κ1) is 13.7. The van der Waals surface area contributed by atoms with Crippen LogP contribution in [-0.4, -0.2) is 35.4 Å². The van der Waals surface area contributed by atoms with Crippen molar-refractivity contribution >= 4 is 17.3 Å². The number of anilines is 2. The van der Waals surface area contributed by atoms with E-state index < -0.39 is 5.97 Å².